The number of amides is 1. The Morgan fingerprint density at radius 2 is 1.88 bits per heavy atom. The van der Waals surface area contributed by atoms with Crippen molar-refractivity contribution in [2.45, 2.75) is 5.75 Å². The van der Waals surface area contributed by atoms with Gasteiger partial charge in [-0.05, 0) is 23.8 Å². The van der Waals surface area contributed by atoms with E-state index < -0.39 is 0 Å². The number of thioether (sulfide) groups is 1. The summed E-state index contributed by atoms with van der Waals surface area (Å²) in [4.78, 5) is 19.1. The zero-order chi connectivity index (χ0) is 18.5. The molecule has 0 bridgehead atoms. The molecule has 0 N–H and O–H groups in total. The topological polar surface area (TPSA) is 51.1 Å². The molecular formula is C19H19ClN2O3S. The molecule has 26 heavy (non-hydrogen) atoms. The van der Waals surface area contributed by atoms with E-state index in [1.807, 2.05) is 24.3 Å². The van der Waals surface area contributed by atoms with Gasteiger partial charge in [0.1, 0.15) is 11.5 Å². The maximum absolute atomic E-state index is 13.0. The monoisotopic (exact) mass is 390 g/mol. The highest BCUT2D eigenvalue weighted by Gasteiger charge is 2.26. The molecule has 136 valence electrons. The summed E-state index contributed by atoms with van der Waals surface area (Å²) >= 11 is 7.72. The Hall–Kier alpha value is -2.18. The largest absolute Gasteiger partial charge is 0.497 e. The quantitative estimate of drug-likeness (QED) is 0.771. The molecule has 0 saturated heterocycles. The SMILES string of the molecule is COc1cc(OC)cc(C(=O)N2CCN=C2SCc2ccccc2Cl)c1. The molecule has 0 atom stereocenters. The van der Waals surface area contributed by atoms with Gasteiger partial charge in [0.15, 0.2) is 5.17 Å². The van der Waals surface area contributed by atoms with Crippen LogP contribution in [0.2, 0.25) is 5.02 Å². The van der Waals surface area contributed by atoms with Crippen LogP contribution in [-0.2, 0) is 5.75 Å². The van der Waals surface area contributed by atoms with Crippen LogP contribution >= 0.6 is 23.4 Å². The van der Waals surface area contributed by atoms with Gasteiger partial charge in [-0.2, -0.15) is 0 Å². The van der Waals surface area contributed by atoms with E-state index in [1.54, 1.807) is 37.3 Å². The predicted molar refractivity (Wildman–Crippen MR) is 106 cm³/mol. The Balaban J connectivity index is 1.75. The number of methoxy groups -OCH3 is 2. The summed E-state index contributed by atoms with van der Waals surface area (Å²) in [7, 11) is 3.12. The number of halogens is 1. The number of benzene rings is 2. The maximum Gasteiger partial charge on any atom is 0.260 e. The first-order valence-corrected chi connectivity index (χ1v) is 9.44. The smallest absolute Gasteiger partial charge is 0.260 e. The molecule has 3 rings (SSSR count). The van der Waals surface area contributed by atoms with Gasteiger partial charge in [-0.15, -0.1) is 0 Å². The molecule has 1 aliphatic heterocycles. The van der Waals surface area contributed by atoms with E-state index in [0.29, 0.717) is 46.1 Å². The number of ether oxygens (including phenoxy) is 2. The van der Waals surface area contributed by atoms with Crippen molar-refractivity contribution in [1.82, 2.24) is 4.90 Å². The Labute approximate surface area is 162 Å². The zero-order valence-corrected chi connectivity index (χ0v) is 16.1. The van der Waals surface area contributed by atoms with Crippen LogP contribution in [0.25, 0.3) is 0 Å². The number of carbonyl (C=O) groups is 1. The third-order valence-electron chi connectivity index (χ3n) is 3.96. The molecule has 0 fully saturated rings. The standard InChI is InChI=1S/C19H19ClN2O3S/c1-24-15-9-14(10-16(11-15)25-2)18(23)22-8-7-21-19(22)26-12-13-5-3-4-6-17(13)20/h3-6,9-11H,7-8,12H2,1-2H3. The van der Waals surface area contributed by atoms with Crippen LogP contribution in [0, 0.1) is 0 Å². The second kappa shape index (κ2) is 8.47. The lowest BCUT2D eigenvalue weighted by Crippen LogP contribution is -2.32. The van der Waals surface area contributed by atoms with E-state index in [0.717, 1.165) is 5.56 Å². The highest BCUT2D eigenvalue weighted by atomic mass is 35.5. The summed E-state index contributed by atoms with van der Waals surface area (Å²) in [5, 5.41) is 1.42. The maximum atomic E-state index is 13.0. The number of amidine groups is 1. The van der Waals surface area contributed by atoms with Crippen LogP contribution in [0.5, 0.6) is 11.5 Å². The van der Waals surface area contributed by atoms with Crippen molar-refractivity contribution in [3.63, 3.8) is 0 Å². The van der Waals surface area contributed by atoms with E-state index in [-0.39, 0.29) is 5.91 Å². The molecule has 5 nitrogen and oxygen atoms in total. The highest BCUT2D eigenvalue weighted by Crippen LogP contribution is 2.27. The Morgan fingerprint density at radius 1 is 1.19 bits per heavy atom. The first-order valence-electron chi connectivity index (χ1n) is 8.08. The lowest BCUT2D eigenvalue weighted by Gasteiger charge is -2.19. The van der Waals surface area contributed by atoms with Gasteiger partial charge in [0.2, 0.25) is 0 Å². The summed E-state index contributed by atoms with van der Waals surface area (Å²) in [5.74, 6) is 1.69. The van der Waals surface area contributed by atoms with Gasteiger partial charge in [0.05, 0.1) is 20.8 Å². The first-order chi connectivity index (χ1) is 12.6. The lowest BCUT2D eigenvalue weighted by molar-refractivity contribution is 0.0860. The minimum Gasteiger partial charge on any atom is -0.497 e. The van der Waals surface area contributed by atoms with Gasteiger partial charge in [-0.3, -0.25) is 14.7 Å². The zero-order valence-electron chi connectivity index (χ0n) is 14.6. The fourth-order valence-corrected chi connectivity index (χ4v) is 3.91. The predicted octanol–water partition coefficient (Wildman–Crippen LogP) is 4.10. The minimum atomic E-state index is -0.120. The number of rotatable bonds is 5. The van der Waals surface area contributed by atoms with Crippen molar-refractivity contribution in [2.75, 3.05) is 27.3 Å². The lowest BCUT2D eigenvalue weighted by atomic mass is 10.1. The number of hydrogen-bond donors (Lipinski definition) is 0. The Morgan fingerprint density at radius 3 is 2.54 bits per heavy atom. The van der Waals surface area contributed by atoms with Crippen LogP contribution in [-0.4, -0.2) is 43.3 Å². The Bertz CT molecular complexity index is 819. The number of nitrogens with zero attached hydrogens (tertiary/aromatic N) is 2. The van der Waals surface area contributed by atoms with E-state index in [2.05, 4.69) is 4.99 Å². The van der Waals surface area contributed by atoms with Gasteiger partial charge in [-0.1, -0.05) is 41.6 Å². The fourth-order valence-electron chi connectivity index (χ4n) is 2.58. The second-order valence-electron chi connectivity index (χ2n) is 5.60. The third kappa shape index (κ3) is 4.14. The number of hydrogen-bond acceptors (Lipinski definition) is 5. The first kappa shape index (κ1) is 18.6. The van der Waals surface area contributed by atoms with E-state index in [1.165, 1.54) is 11.8 Å². The van der Waals surface area contributed by atoms with Crippen LogP contribution in [0.1, 0.15) is 15.9 Å². The van der Waals surface area contributed by atoms with Gasteiger partial charge in [-0.25, -0.2) is 0 Å². The Kier molecular flexibility index (Phi) is 6.06. The van der Waals surface area contributed by atoms with Crippen LogP contribution in [0.4, 0.5) is 0 Å². The molecule has 2 aromatic carbocycles. The van der Waals surface area contributed by atoms with Crippen molar-refractivity contribution in [3.05, 3.63) is 58.6 Å². The molecule has 7 heteroatoms. The fraction of sp³-hybridized carbons (Fsp3) is 0.263. The van der Waals surface area contributed by atoms with E-state index in [4.69, 9.17) is 21.1 Å². The molecule has 1 heterocycles. The van der Waals surface area contributed by atoms with Crippen molar-refractivity contribution >= 4 is 34.4 Å². The second-order valence-corrected chi connectivity index (χ2v) is 6.95. The number of carbonyl (C=O) groups excluding carboxylic acids is 1. The van der Waals surface area contributed by atoms with Crippen molar-refractivity contribution < 1.29 is 14.3 Å². The number of aliphatic imine (C=N–C) groups is 1. The molecule has 0 radical (unpaired) electrons. The van der Waals surface area contributed by atoms with Crippen molar-refractivity contribution in [2.24, 2.45) is 4.99 Å². The molecule has 0 saturated carbocycles. The van der Waals surface area contributed by atoms with E-state index in [9.17, 15) is 4.79 Å². The van der Waals surface area contributed by atoms with Gasteiger partial charge in [0.25, 0.3) is 5.91 Å². The molecule has 1 aliphatic rings. The summed E-state index contributed by atoms with van der Waals surface area (Å²) in [6.07, 6.45) is 0. The van der Waals surface area contributed by atoms with Crippen molar-refractivity contribution in [1.29, 1.82) is 0 Å². The molecule has 0 unspecified atom stereocenters. The summed E-state index contributed by atoms with van der Waals surface area (Å²) < 4.78 is 10.5. The molecule has 0 aromatic heterocycles. The summed E-state index contributed by atoms with van der Waals surface area (Å²) in [5.41, 5.74) is 1.53. The van der Waals surface area contributed by atoms with Crippen LogP contribution < -0.4 is 9.47 Å². The molecular weight excluding hydrogens is 372 g/mol. The van der Waals surface area contributed by atoms with E-state index >= 15 is 0 Å². The van der Waals surface area contributed by atoms with Gasteiger partial charge >= 0.3 is 0 Å². The molecule has 2 aromatic rings. The van der Waals surface area contributed by atoms with Gasteiger partial charge < -0.3 is 9.47 Å². The average molecular weight is 391 g/mol. The van der Waals surface area contributed by atoms with Gasteiger partial charge in [0, 0.05) is 29.0 Å². The normalized spacial score (nSPS) is 13.5. The van der Waals surface area contributed by atoms with Crippen LogP contribution in [0.15, 0.2) is 47.5 Å². The van der Waals surface area contributed by atoms with Crippen LogP contribution in [0.3, 0.4) is 0 Å². The minimum absolute atomic E-state index is 0.120. The highest BCUT2D eigenvalue weighted by molar-refractivity contribution is 8.13. The summed E-state index contributed by atoms with van der Waals surface area (Å²) in [6, 6.07) is 12.8. The summed E-state index contributed by atoms with van der Waals surface area (Å²) in [6.45, 7) is 1.15. The average Bonchev–Trinajstić information content (AvgIpc) is 3.14. The molecule has 0 spiro atoms. The molecule has 0 aliphatic carbocycles. The molecule has 1 amide bonds. The third-order valence-corrected chi connectivity index (χ3v) is 5.39. The van der Waals surface area contributed by atoms with Crippen molar-refractivity contribution in [3.8, 4) is 11.5 Å².